The van der Waals surface area contributed by atoms with Crippen LogP contribution in [0.4, 0.5) is 5.82 Å². The van der Waals surface area contributed by atoms with Gasteiger partial charge in [0.15, 0.2) is 17.0 Å². The highest BCUT2D eigenvalue weighted by Gasteiger charge is 2.42. The van der Waals surface area contributed by atoms with Crippen LogP contribution in [0, 0.1) is 11.8 Å². The van der Waals surface area contributed by atoms with E-state index in [9.17, 15) is 4.79 Å². The largest absolute Gasteiger partial charge is 0.354 e. The normalized spacial score (nSPS) is 21.9. The molecule has 9 heteroatoms. The first-order valence-electron chi connectivity index (χ1n) is 8.87. The maximum Gasteiger partial charge on any atom is 0.255 e. The lowest BCUT2D eigenvalue weighted by atomic mass is 10.0. The standard InChI is InChI=1S/C18H18BrN7O/c1-24-10-23-15-16(24)21-9-22-17(15)25-5-12-7-26(8-13(12)6-25)18(27)11-2-14(19)4-20-3-11/h2-4,9-10,12-13H,5-8H2,1H3. The third-order valence-electron chi connectivity index (χ3n) is 5.50. The Morgan fingerprint density at radius 1 is 1.11 bits per heavy atom. The Labute approximate surface area is 164 Å². The van der Waals surface area contributed by atoms with E-state index in [1.54, 1.807) is 25.0 Å². The number of rotatable bonds is 2. The number of hydrogen-bond donors (Lipinski definition) is 0. The summed E-state index contributed by atoms with van der Waals surface area (Å²) >= 11 is 3.38. The van der Waals surface area contributed by atoms with Crippen molar-refractivity contribution in [3.05, 3.63) is 41.2 Å². The zero-order chi connectivity index (χ0) is 18.5. The summed E-state index contributed by atoms with van der Waals surface area (Å²) < 4.78 is 2.73. The van der Waals surface area contributed by atoms with E-state index in [4.69, 9.17) is 0 Å². The molecule has 2 atom stereocenters. The molecular weight excluding hydrogens is 410 g/mol. The van der Waals surface area contributed by atoms with E-state index >= 15 is 0 Å². The molecule has 0 N–H and O–H groups in total. The molecule has 0 bridgehead atoms. The lowest BCUT2D eigenvalue weighted by Crippen LogP contribution is -2.33. The zero-order valence-corrected chi connectivity index (χ0v) is 16.4. The van der Waals surface area contributed by atoms with E-state index in [-0.39, 0.29) is 5.91 Å². The summed E-state index contributed by atoms with van der Waals surface area (Å²) in [5, 5.41) is 0. The molecule has 2 saturated heterocycles. The minimum Gasteiger partial charge on any atom is -0.354 e. The second-order valence-corrected chi connectivity index (χ2v) is 8.17. The SMILES string of the molecule is Cn1cnc2c(N3CC4CN(C(=O)c5cncc(Br)c5)CC4C3)ncnc21. The second kappa shape index (κ2) is 6.26. The van der Waals surface area contributed by atoms with Gasteiger partial charge in [0.2, 0.25) is 0 Å². The second-order valence-electron chi connectivity index (χ2n) is 7.25. The molecule has 2 unspecified atom stereocenters. The zero-order valence-electron chi connectivity index (χ0n) is 14.8. The number of aryl methyl sites for hydroxylation is 1. The van der Waals surface area contributed by atoms with E-state index in [2.05, 4.69) is 40.8 Å². The number of imidazole rings is 1. The molecule has 0 radical (unpaired) electrons. The van der Waals surface area contributed by atoms with Crippen LogP contribution >= 0.6 is 15.9 Å². The molecule has 0 saturated carbocycles. The van der Waals surface area contributed by atoms with Gasteiger partial charge in [-0.3, -0.25) is 9.78 Å². The van der Waals surface area contributed by atoms with Crippen LogP contribution in [0.5, 0.6) is 0 Å². The topological polar surface area (TPSA) is 80.0 Å². The molecule has 0 aromatic carbocycles. The van der Waals surface area contributed by atoms with E-state index in [0.717, 1.165) is 47.6 Å². The molecule has 2 aliphatic rings. The average Bonchev–Trinajstić information content (AvgIpc) is 3.34. The summed E-state index contributed by atoms with van der Waals surface area (Å²) in [4.78, 5) is 34.4. The third-order valence-corrected chi connectivity index (χ3v) is 5.94. The molecule has 0 spiro atoms. The van der Waals surface area contributed by atoms with Crippen LogP contribution in [-0.2, 0) is 7.05 Å². The minimum absolute atomic E-state index is 0.0545. The van der Waals surface area contributed by atoms with E-state index in [1.165, 1.54) is 0 Å². The molecule has 3 aromatic rings. The number of carbonyl (C=O) groups is 1. The Kier molecular flexibility index (Phi) is 3.85. The molecule has 27 heavy (non-hydrogen) atoms. The first-order chi connectivity index (χ1) is 13.1. The van der Waals surface area contributed by atoms with Crippen LogP contribution < -0.4 is 4.90 Å². The van der Waals surface area contributed by atoms with E-state index in [0.29, 0.717) is 17.4 Å². The summed E-state index contributed by atoms with van der Waals surface area (Å²) in [5.41, 5.74) is 2.32. The van der Waals surface area contributed by atoms with Crippen molar-refractivity contribution >= 4 is 38.8 Å². The lowest BCUT2D eigenvalue weighted by molar-refractivity contribution is 0.0782. The number of pyridine rings is 1. The number of nitrogens with zero attached hydrogens (tertiary/aromatic N) is 7. The molecule has 5 rings (SSSR count). The van der Waals surface area contributed by atoms with Gasteiger partial charge >= 0.3 is 0 Å². The molecule has 2 aliphatic heterocycles. The Morgan fingerprint density at radius 3 is 2.63 bits per heavy atom. The summed E-state index contributed by atoms with van der Waals surface area (Å²) in [7, 11) is 1.94. The van der Waals surface area contributed by atoms with Crippen LogP contribution in [-0.4, -0.2) is 61.5 Å². The van der Waals surface area contributed by atoms with Gasteiger partial charge in [0.1, 0.15) is 6.33 Å². The average molecular weight is 428 g/mol. The van der Waals surface area contributed by atoms with Gasteiger partial charge in [-0.15, -0.1) is 0 Å². The summed E-state index contributed by atoms with van der Waals surface area (Å²) in [6.45, 7) is 3.30. The van der Waals surface area contributed by atoms with Crippen molar-refractivity contribution in [3.63, 3.8) is 0 Å². The van der Waals surface area contributed by atoms with E-state index < -0.39 is 0 Å². The van der Waals surface area contributed by atoms with Crippen LogP contribution in [0.15, 0.2) is 35.6 Å². The Hall–Kier alpha value is -2.55. The number of anilines is 1. The molecule has 2 fully saturated rings. The van der Waals surface area contributed by atoms with Crippen LogP contribution in [0.3, 0.4) is 0 Å². The third kappa shape index (κ3) is 2.77. The Morgan fingerprint density at radius 2 is 1.89 bits per heavy atom. The highest BCUT2D eigenvalue weighted by molar-refractivity contribution is 9.10. The number of carbonyl (C=O) groups excluding carboxylic acids is 1. The molecule has 1 amide bonds. The maximum absolute atomic E-state index is 12.8. The molecule has 0 aliphatic carbocycles. The Balaban J connectivity index is 1.33. The highest BCUT2D eigenvalue weighted by atomic mass is 79.9. The van der Waals surface area contributed by atoms with Crippen molar-refractivity contribution in [2.45, 2.75) is 0 Å². The first-order valence-corrected chi connectivity index (χ1v) is 9.66. The summed E-state index contributed by atoms with van der Waals surface area (Å²) in [6.07, 6.45) is 6.69. The fourth-order valence-electron chi connectivity index (χ4n) is 4.21. The van der Waals surface area contributed by atoms with Crippen LogP contribution in [0.25, 0.3) is 11.2 Å². The highest BCUT2D eigenvalue weighted by Crippen LogP contribution is 2.35. The Bertz CT molecular complexity index is 1020. The number of likely N-dealkylation sites (tertiary alicyclic amines) is 1. The monoisotopic (exact) mass is 427 g/mol. The minimum atomic E-state index is 0.0545. The van der Waals surface area contributed by atoms with Crippen LogP contribution in [0.2, 0.25) is 0 Å². The van der Waals surface area contributed by atoms with Crippen molar-refractivity contribution in [2.75, 3.05) is 31.1 Å². The summed E-state index contributed by atoms with van der Waals surface area (Å²) in [6, 6.07) is 1.83. The van der Waals surface area contributed by atoms with Gasteiger partial charge in [0.25, 0.3) is 5.91 Å². The van der Waals surface area contributed by atoms with Crippen molar-refractivity contribution in [2.24, 2.45) is 18.9 Å². The predicted molar refractivity (Wildman–Crippen MR) is 103 cm³/mol. The van der Waals surface area contributed by atoms with Gasteiger partial charge in [-0.2, -0.15) is 0 Å². The fraction of sp³-hybridized carbons (Fsp3) is 0.389. The number of hydrogen-bond acceptors (Lipinski definition) is 6. The van der Waals surface area contributed by atoms with Crippen LogP contribution in [0.1, 0.15) is 10.4 Å². The van der Waals surface area contributed by atoms with Gasteiger partial charge in [0, 0.05) is 61.9 Å². The number of fused-ring (bicyclic) bond motifs is 2. The van der Waals surface area contributed by atoms with Crippen molar-refractivity contribution in [1.82, 2.24) is 29.4 Å². The first kappa shape index (κ1) is 16.6. The fourth-order valence-corrected chi connectivity index (χ4v) is 4.57. The maximum atomic E-state index is 12.8. The molecule has 138 valence electrons. The smallest absolute Gasteiger partial charge is 0.255 e. The van der Waals surface area contributed by atoms with Gasteiger partial charge in [-0.05, 0) is 22.0 Å². The number of amides is 1. The van der Waals surface area contributed by atoms with Crippen molar-refractivity contribution in [3.8, 4) is 0 Å². The molecular formula is C18H18BrN7O. The van der Waals surface area contributed by atoms with Gasteiger partial charge < -0.3 is 14.4 Å². The molecule has 3 aromatic heterocycles. The van der Waals surface area contributed by atoms with Crippen molar-refractivity contribution in [1.29, 1.82) is 0 Å². The van der Waals surface area contributed by atoms with Gasteiger partial charge in [-0.25, -0.2) is 15.0 Å². The predicted octanol–water partition coefficient (Wildman–Crippen LogP) is 1.73. The summed E-state index contributed by atoms with van der Waals surface area (Å²) in [5.74, 6) is 1.84. The number of halogens is 1. The molecule has 8 nitrogen and oxygen atoms in total. The van der Waals surface area contributed by atoms with Crippen molar-refractivity contribution < 1.29 is 4.79 Å². The number of aromatic nitrogens is 5. The lowest BCUT2D eigenvalue weighted by Gasteiger charge is -2.22. The van der Waals surface area contributed by atoms with Gasteiger partial charge in [0.05, 0.1) is 11.9 Å². The van der Waals surface area contributed by atoms with Gasteiger partial charge in [-0.1, -0.05) is 0 Å². The van der Waals surface area contributed by atoms with E-state index in [1.807, 2.05) is 22.6 Å². The molecule has 5 heterocycles. The quantitative estimate of drug-likeness (QED) is 0.619.